The van der Waals surface area contributed by atoms with E-state index in [0.29, 0.717) is 17.7 Å². The molecule has 2 nitrogen and oxygen atoms in total. The first-order valence-corrected chi connectivity index (χ1v) is 6.11. The van der Waals surface area contributed by atoms with Crippen molar-refractivity contribution in [2.24, 2.45) is 17.3 Å². The lowest BCUT2D eigenvalue weighted by atomic mass is 9.91. The van der Waals surface area contributed by atoms with Gasteiger partial charge in [-0.3, -0.25) is 4.79 Å². The quantitative estimate of drug-likeness (QED) is 0.703. The Hall–Kier alpha value is -0.530. The van der Waals surface area contributed by atoms with Crippen molar-refractivity contribution in [2.75, 3.05) is 13.1 Å². The highest BCUT2D eigenvalue weighted by Gasteiger charge is 2.33. The van der Waals surface area contributed by atoms with Gasteiger partial charge in [-0.1, -0.05) is 41.0 Å². The smallest absolute Gasteiger partial charge is 0.222 e. The van der Waals surface area contributed by atoms with Crippen LogP contribution in [0.2, 0.25) is 0 Å². The number of likely N-dealkylation sites (tertiary alicyclic amines) is 1. The molecule has 1 aliphatic heterocycles. The van der Waals surface area contributed by atoms with Crippen molar-refractivity contribution in [3.05, 3.63) is 0 Å². The number of carbonyl (C=O) groups is 1. The molecule has 0 radical (unpaired) electrons. The van der Waals surface area contributed by atoms with Crippen molar-refractivity contribution in [1.29, 1.82) is 0 Å². The highest BCUT2D eigenvalue weighted by molar-refractivity contribution is 5.78. The van der Waals surface area contributed by atoms with E-state index in [1.54, 1.807) is 0 Å². The summed E-state index contributed by atoms with van der Waals surface area (Å²) in [6, 6.07) is 0. The third kappa shape index (κ3) is 3.51. The summed E-state index contributed by atoms with van der Waals surface area (Å²) in [5, 5.41) is 0. The van der Waals surface area contributed by atoms with Crippen LogP contribution < -0.4 is 0 Å². The standard InChI is InChI=1S/C13H25NO/c1-6-10(2)11-7-12(15)14(8-11)9-13(3,4)5/h10-11H,6-9H2,1-5H3. The minimum absolute atomic E-state index is 0.222. The van der Waals surface area contributed by atoms with E-state index in [0.717, 1.165) is 19.5 Å². The molecule has 15 heavy (non-hydrogen) atoms. The van der Waals surface area contributed by atoms with E-state index in [9.17, 15) is 4.79 Å². The Morgan fingerprint density at radius 2 is 2.07 bits per heavy atom. The van der Waals surface area contributed by atoms with Gasteiger partial charge in [-0.2, -0.15) is 0 Å². The summed E-state index contributed by atoms with van der Waals surface area (Å²) in [6.07, 6.45) is 1.95. The molecule has 0 aromatic heterocycles. The molecule has 0 aromatic carbocycles. The van der Waals surface area contributed by atoms with Gasteiger partial charge in [-0.15, -0.1) is 0 Å². The third-order valence-electron chi connectivity index (χ3n) is 3.36. The van der Waals surface area contributed by atoms with Gasteiger partial charge in [0.25, 0.3) is 0 Å². The highest BCUT2D eigenvalue weighted by atomic mass is 16.2. The lowest BCUT2D eigenvalue weighted by Crippen LogP contribution is -2.34. The van der Waals surface area contributed by atoms with E-state index in [-0.39, 0.29) is 5.41 Å². The molecule has 0 bridgehead atoms. The van der Waals surface area contributed by atoms with Crippen LogP contribution in [0, 0.1) is 17.3 Å². The summed E-state index contributed by atoms with van der Waals surface area (Å²) in [4.78, 5) is 13.9. The Bertz CT molecular complexity index is 229. The molecule has 0 aliphatic carbocycles. The minimum Gasteiger partial charge on any atom is -0.342 e. The summed E-state index contributed by atoms with van der Waals surface area (Å²) < 4.78 is 0. The molecule has 2 heteroatoms. The van der Waals surface area contributed by atoms with Gasteiger partial charge in [0.05, 0.1) is 0 Å². The van der Waals surface area contributed by atoms with Crippen LogP contribution in [0.5, 0.6) is 0 Å². The average molecular weight is 211 g/mol. The second-order valence-electron chi connectivity index (χ2n) is 6.18. The number of rotatable bonds is 3. The molecule has 88 valence electrons. The third-order valence-corrected chi connectivity index (χ3v) is 3.36. The highest BCUT2D eigenvalue weighted by Crippen LogP contribution is 2.29. The number of carbonyl (C=O) groups excluding carboxylic acids is 1. The number of hydrogen-bond donors (Lipinski definition) is 0. The zero-order chi connectivity index (χ0) is 11.6. The molecule has 1 amide bonds. The Morgan fingerprint density at radius 1 is 1.47 bits per heavy atom. The van der Waals surface area contributed by atoms with Crippen molar-refractivity contribution < 1.29 is 4.79 Å². The molecule has 0 N–H and O–H groups in total. The van der Waals surface area contributed by atoms with E-state index in [1.165, 1.54) is 6.42 Å². The Morgan fingerprint density at radius 3 is 2.53 bits per heavy atom. The van der Waals surface area contributed by atoms with E-state index in [1.807, 2.05) is 0 Å². The van der Waals surface area contributed by atoms with Crippen molar-refractivity contribution in [3.8, 4) is 0 Å². The molecule has 1 saturated heterocycles. The van der Waals surface area contributed by atoms with Crippen molar-refractivity contribution in [3.63, 3.8) is 0 Å². The van der Waals surface area contributed by atoms with Crippen LogP contribution in [0.25, 0.3) is 0 Å². The number of hydrogen-bond acceptors (Lipinski definition) is 1. The Balaban J connectivity index is 2.53. The van der Waals surface area contributed by atoms with Crippen LogP contribution >= 0.6 is 0 Å². The van der Waals surface area contributed by atoms with Gasteiger partial charge in [0, 0.05) is 19.5 Å². The van der Waals surface area contributed by atoms with Gasteiger partial charge in [0.2, 0.25) is 5.91 Å². The van der Waals surface area contributed by atoms with Gasteiger partial charge in [0.1, 0.15) is 0 Å². The molecule has 0 spiro atoms. The first-order chi connectivity index (χ1) is 6.83. The SMILES string of the molecule is CCC(C)C1CC(=O)N(CC(C)(C)C)C1. The summed E-state index contributed by atoms with van der Waals surface area (Å²) in [5.41, 5.74) is 0.222. The van der Waals surface area contributed by atoms with E-state index in [2.05, 4.69) is 39.5 Å². The van der Waals surface area contributed by atoms with Gasteiger partial charge in [0.15, 0.2) is 0 Å². The molecule has 2 unspecified atom stereocenters. The molecular formula is C13H25NO. The molecule has 1 aliphatic rings. The predicted octanol–water partition coefficient (Wildman–Crippen LogP) is 2.93. The van der Waals surface area contributed by atoms with Crippen LogP contribution in [-0.2, 0) is 4.79 Å². The fourth-order valence-electron chi connectivity index (χ4n) is 2.24. The molecular weight excluding hydrogens is 186 g/mol. The predicted molar refractivity (Wildman–Crippen MR) is 63.6 cm³/mol. The van der Waals surface area contributed by atoms with Crippen molar-refractivity contribution in [1.82, 2.24) is 4.90 Å². The molecule has 2 atom stereocenters. The Labute approximate surface area is 94.0 Å². The van der Waals surface area contributed by atoms with Crippen LogP contribution in [0.3, 0.4) is 0 Å². The fourth-order valence-corrected chi connectivity index (χ4v) is 2.24. The molecule has 0 aromatic rings. The minimum atomic E-state index is 0.222. The Kier molecular flexibility index (Phi) is 3.80. The fraction of sp³-hybridized carbons (Fsp3) is 0.923. The molecule has 1 rings (SSSR count). The van der Waals surface area contributed by atoms with Gasteiger partial charge in [-0.25, -0.2) is 0 Å². The van der Waals surface area contributed by atoms with Crippen LogP contribution in [0.1, 0.15) is 47.5 Å². The lowest BCUT2D eigenvalue weighted by molar-refractivity contribution is -0.128. The second kappa shape index (κ2) is 4.54. The second-order valence-corrected chi connectivity index (χ2v) is 6.18. The van der Waals surface area contributed by atoms with Crippen LogP contribution in [-0.4, -0.2) is 23.9 Å². The van der Waals surface area contributed by atoms with Crippen LogP contribution in [0.15, 0.2) is 0 Å². The first kappa shape index (κ1) is 12.5. The topological polar surface area (TPSA) is 20.3 Å². The summed E-state index contributed by atoms with van der Waals surface area (Å²) in [5.74, 6) is 1.62. The number of nitrogens with zero attached hydrogens (tertiary/aromatic N) is 1. The summed E-state index contributed by atoms with van der Waals surface area (Å²) >= 11 is 0. The summed E-state index contributed by atoms with van der Waals surface area (Å²) in [7, 11) is 0. The maximum atomic E-state index is 11.8. The normalized spacial score (nSPS) is 24.7. The maximum Gasteiger partial charge on any atom is 0.222 e. The zero-order valence-electron chi connectivity index (χ0n) is 10.8. The van der Waals surface area contributed by atoms with Gasteiger partial charge in [-0.05, 0) is 17.3 Å². The first-order valence-electron chi connectivity index (χ1n) is 6.11. The van der Waals surface area contributed by atoms with E-state index >= 15 is 0 Å². The van der Waals surface area contributed by atoms with Crippen molar-refractivity contribution >= 4 is 5.91 Å². The summed E-state index contributed by atoms with van der Waals surface area (Å²) in [6.45, 7) is 12.9. The monoisotopic (exact) mass is 211 g/mol. The lowest BCUT2D eigenvalue weighted by Gasteiger charge is -2.27. The van der Waals surface area contributed by atoms with E-state index < -0.39 is 0 Å². The van der Waals surface area contributed by atoms with Crippen LogP contribution in [0.4, 0.5) is 0 Å². The van der Waals surface area contributed by atoms with Gasteiger partial charge < -0.3 is 4.90 Å². The average Bonchev–Trinajstić information content (AvgIpc) is 2.44. The molecule has 1 heterocycles. The largest absolute Gasteiger partial charge is 0.342 e. The van der Waals surface area contributed by atoms with Gasteiger partial charge >= 0.3 is 0 Å². The number of amides is 1. The van der Waals surface area contributed by atoms with Crippen molar-refractivity contribution in [2.45, 2.75) is 47.5 Å². The zero-order valence-corrected chi connectivity index (χ0v) is 10.8. The molecule has 1 fully saturated rings. The maximum absolute atomic E-state index is 11.8. The molecule has 0 saturated carbocycles. The van der Waals surface area contributed by atoms with E-state index in [4.69, 9.17) is 0 Å².